The van der Waals surface area contributed by atoms with E-state index in [9.17, 15) is 0 Å². The molecule has 0 amide bonds. The zero-order valence-electron chi connectivity index (χ0n) is 10.7. The Morgan fingerprint density at radius 2 is 2.00 bits per heavy atom. The molecule has 0 bridgehead atoms. The number of nitrogens with two attached hydrogens (primary N) is 1. The zero-order valence-corrected chi connectivity index (χ0v) is 13.1. The number of halogens is 1. The van der Waals surface area contributed by atoms with E-state index in [1.807, 2.05) is 0 Å². The molecule has 1 aromatic carbocycles. The van der Waals surface area contributed by atoms with Gasteiger partial charge >= 0.3 is 0 Å². The molecule has 4 heteroatoms. The van der Waals surface area contributed by atoms with Crippen molar-refractivity contribution in [1.82, 2.24) is 4.98 Å². The average Bonchev–Trinajstić information content (AvgIpc) is 2.71. The Kier molecular flexibility index (Phi) is 4.40. The van der Waals surface area contributed by atoms with Gasteiger partial charge in [-0.2, -0.15) is 0 Å². The predicted molar refractivity (Wildman–Crippen MR) is 82.2 cm³/mol. The smallest absolute Gasteiger partial charge is 0.180 e. The molecule has 2 nitrogen and oxygen atoms in total. The maximum atomic E-state index is 5.80. The predicted octanol–water partition coefficient (Wildman–Crippen LogP) is 4.20. The quantitative estimate of drug-likeness (QED) is 0.915. The van der Waals surface area contributed by atoms with Gasteiger partial charge < -0.3 is 5.73 Å². The Bertz CT molecular complexity index is 549. The van der Waals surface area contributed by atoms with Gasteiger partial charge in [0.2, 0.25) is 0 Å². The third-order valence-electron chi connectivity index (χ3n) is 3.03. The van der Waals surface area contributed by atoms with Gasteiger partial charge in [0.15, 0.2) is 5.13 Å². The summed E-state index contributed by atoms with van der Waals surface area (Å²) in [6.07, 6.45) is 2.93. The molecular formula is C14H17BrN2S. The van der Waals surface area contributed by atoms with Gasteiger partial charge in [-0.3, -0.25) is 0 Å². The molecule has 1 heterocycles. The van der Waals surface area contributed by atoms with Gasteiger partial charge in [-0.05, 0) is 36.1 Å². The first kappa shape index (κ1) is 13.6. The average molecular weight is 325 g/mol. The van der Waals surface area contributed by atoms with Crippen molar-refractivity contribution >= 4 is 32.4 Å². The molecule has 0 unspecified atom stereocenters. The van der Waals surface area contributed by atoms with Gasteiger partial charge in [0.25, 0.3) is 0 Å². The van der Waals surface area contributed by atoms with E-state index in [0.717, 1.165) is 29.4 Å². The number of aryl methyl sites for hydroxylation is 2. The molecule has 0 spiro atoms. The van der Waals surface area contributed by atoms with Gasteiger partial charge in [-0.25, -0.2) is 4.98 Å². The summed E-state index contributed by atoms with van der Waals surface area (Å²) in [7, 11) is 0. The molecule has 18 heavy (non-hydrogen) atoms. The molecule has 1 aromatic heterocycles. The highest BCUT2D eigenvalue weighted by Crippen LogP contribution is 2.26. The number of rotatable bonds is 4. The fourth-order valence-corrected chi connectivity index (χ4v) is 3.44. The van der Waals surface area contributed by atoms with Crippen LogP contribution in [0.15, 0.2) is 22.7 Å². The minimum absolute atomic E-state index is 0.678. The summed E-state index contributed by atoms with van der Waals surface area (Å²) in [4.78, 5) is 5.68. The summed E-state index contributed by atoms with van der Waals surface area (Å²) in [6.45, 7) is 4.31. The molecule has 2 aromatic rings. The Morgan fingerprint density at radius 3 is 2.67 bits per heavy atom. The van der Waals surface area contributed by atoms with Crippen molar-refractivity contribution in [3.05, 3.63) is 44.4 Å². The normalized spacial score (nSPS) is 10.8. The summed E-state index contributed by atoms with van der Waals surface area (Å²) in [5, 5.41) is 0.678. The van der Waals surface area contributed by atoms with E-state index >= 15 is 0 Å². The minimum Gasteiger partial charge on any atom is -0.375 e. The van der Waals surface area contributed by atoms with Crippen LogP contribution in [0.4, 0.5) is 5.13 Å². The number of nitrogen functional groups attached to an aromatic ring is 1. The molecule has 0 aliphatic carbocycles. The number of benzene rings is 1. The van der Waals surface area contributed by atoms with E-state index in [0.29, 0.717) is 5.13 Å². The van der Waals surface area contributed by atoms with Crippen molar-refractivity contribution in [3.8, 4) is 0 Å². The maximum Gasteiger partial charge on any atom is 0.180 e. The lowest BCUT2D eigenvalue weighted by molar-refractivity contribution is 1.01. The summed E-state index contributed by atoms with van der Waals surface area (Å²) < 4.78 is 1.14. The SMILES string of the molecule is CCc1cc(Br)ccc1Cc1sc(N)nc1CC. The highest BCUT2D eigenvalue weighted by Gasteiger charge is 2.10. The topological polar surface area (TPSA) is 38.9 Å². The van der Waals surface area contributed by atoms with Gasteiger partial charge in [0, 0.05) is 15.8 Å². The van der Waals surface area contributed by atoms with Crippen LogP contribution in [-0.2, 0) is 19.3 Å². The Hall–Kier alpha value is -0.870. The van der Waals surface area contributed by atoms with Crippen molar-refractivity contribution in [2.45, 2.75) is 33.1 Å². The molecule has 0 aliphatic heterocycles. The Labute approximate surface area is 120 Å². The number of hydrogen-bond acceptors (Lipinski definition) is 3. The monoisotopic (exact) mass is 324 g/mol. The lowest BCUT2D eigenvalue weighted by Gasteiger charge is -2.08. The van der Waals surface area contributed by atoms with Crippen LogP contribution in [0, 0.1) is 0 Å². The molecule has 0 saturated heterocycles. The van der Waals surface area contributed by atoms with Gasteiger partial charge in [0.05, 0.1) is 5.69 Å². The molecule has 0 atom stereocenters. The van der Waals surface area contributed by atoms with E-state index in [1.165, 1.54) is 16.0 Å². The summed E-state index contributed by atoms with van der Waals surface area (Å²) in [6, 6.07) is 6.49. The second-order valence-electron chi connectivity index (χ2n) is 4.22. The molecule has 0 aliphatic rings. The molecule has 0 radical (unpaired) electrons. The molecule has 0 fully saturated rings. The van der Waals surface area contributed by atoms with E-state index < -0.39 is 0 Å². The lowest BCUT2D eigenvalue weighted by atomic mass is 10.0. The third kappa shape index (κ3) is 2.93. The summed E-state index contributed by atoms with van der Waals surface area (Å²) >= 11 is 5.14. The molecule has 2 N–H and O–H groups in total. The number of nitrogens with zero attached hydrogens (tertiary/aromatic N) is 1. The number of aromatic nitrogens is 1. The standard InChI is InChI=1S/C14H17BrN2S/c1-3-9-7-11(15)6-5-10(9)8-13-12(4-2)17-14(16)18-13/h5-7H,3-4,8H2,1-2H3,(H2,16,17). The van der Waals surface area contributed by atoms with Gasteiger partial charge in [0.1, 0.15) is 0 Å². The van der Waals surface area contributed by atoms with Crippen LogP contribution in [0.5, 0.6) is 0 Å². The molecule has 96 valence electrons. The number of hydrogen-bond donors (Lipinski definition) is 1. The Morgan fingerprint density at radius 1 is 1.22 bits per heavy atom. The first-order valence-corrected chi connectivity index (χ1v) is 7.76. The third-order valence-corrected chi connectivity index (χ3v) is 4.45. The van der Waals surface area contributed by atoms with Crippen LogP contribution < -0.4 is 5.73 Å². The second kappa shape index (κ2) is 5.85. The fourth-order valence-electron chi connectivity index (χ4n) is 2.09. The van der Waals surface area contributed by atoms with Crippen LogP contribution in [0.2, 0.25) is 0 Å². The van der Waals surface area contributed by atoms with E-state index in [-0.39, 0.29) is 0 Å². The van der Waals surface area contributed by atoms with E-state index in [1.54, 1.807) is 11.3 Å². The van der Waals surface area contributed by atoms with Crippen molar-refractivity contribution in [2.24, 2.45) is 0 Å². The van der Waals surface area contributed by atoms with Crippen LogP contribution in [0.3, 0.4) is 0 Å². The summed E-state index contributed by atoms with van der Waals surface area (Å²) in [5.41, 5.74) is 9.71. The summed E-state index contributed by atoms with van der Waals surface area (Å²) in [5.74, 6) is 0. The van der Waals surface area contributed by atoms with E-state index in [2.05, 4.69) is 53.0 Å². The van der Waals surface area contributed by atoms with Crippen LogP contribution in [-0.4, -0.2) is 4.98 Å². The highest BCUT2D eigenvalue weighted by atomic mass is 79.9. The first-order chi connectivity index (χ1) is 8.63. The van der Waals surface area contributed by atoms with E-state index in [4.69, 9.17) is 5.73 Å². The van der Waals surface area contributed by atoms with Crippen molar-refractivity contribution in [3.63, 3.8) is 0 Å². The van der Waals surface area contributed by atoms with Crippen LogP contribution >= 0.6 is 27.3 Å². The fraction of sp³-hybridized carbons (Fsp3) is 0.357. The molecular weight excluding hydrogens is 308 g/mol. The van der Waals surface area contributed by atoms with Crippen LogP contribution in [0.25, 0.3) is 0 Å². The minimum atomic E-state index is 0.678. The van der Waals surface area contributed by atoms with Crippen molar-refractivity contribution in [2.75, 3.05) is 5.73 Å². The van der Waals surface area contributed by atoms with Crippen LogP contribution in [0.1, 0.15) is 35.5 Å². The lowest BCUT2D eigenvalue weighted by Crippen LogP contribution is -1.96. The van der Waals surface area contributed by atoms with Gasteiger partial charge in [-0.1, -0.05) is 35.8 Å². The van der Waals surface area contributed by atoms with Gasteiger partial charge in [-0.15, -0.1) is 11.3 Å². The number of anilines is 1. The second-order valence-corrected chi connectivity index (χ2v) is 6.25. The maximum absolute atomic E-state index is 5.80. The largest absolute Gasteiger partial charge is 0.375 e. The molecule has 2 rings (SSSR count). The highest BCUT2D eigenvalue weighted by molar-refractivity contribution is 9.10. The van der Waals surface area contributed by atoms with Crippen molar-refractivity contribution in [1.29, 1.82) is 0 Å². The zero-order chi connectivity index (χ0) is 13.1. The molecule has 0 saturated carbocycles. The van der Waals surface area contributed by atoms with Crippen molar-refractivity contribution < 1.29 is 0 Å². The Balaban J connectivity index is 2.33. The number of thiazole rings is 1. The first-order valence-electron chi connectivity index (χ1n) is 6.15.